The fourth-order valence-electron chi connectivity index (χ4n) is 3.87. The summed E-state index contributed by atoms with van der Waals surface area (Å²) >= 11 is 1.69. The van der Waals surface area contributed by atoms with E-state index in [-0.39, 0.29) is 17.9 Å². The zero-order valence-electron chi connectivity index (χ0n) is 17.4. The van der Waals surface area contributed by atoms with Crippen molar-refractivity contribution in [3.63, 3.8) is 0 Å². The Morgan fingerprint density at radius 2 is 2.27 bits per heavy atom. The molecule has 1 amide bonds. The predicted octanol–water partition coefficient (Wildman–Crippen LogP) is 4.24. The molecule has 0 aromatic carbocycles. The molecule has 3 aromatic rings. The number of anilines is 1. The van der Waals surface area contributed by atoms with Crippen LogP contribution in [0.2, 0.25) is 0 Å². The van der Waals surface area contributed by atoms with E-state index < -0.39 is 0 Å². The minimum Gasteiger partial charge on any atom is -0.355 e. The second-order valence-corrected chi connectivity index (χ2v) is 8.49. The van der Waals surface area contributed by atoms with Crippen molar-refractivity contribution in [2.24, 2.45) is 5.92 Å². The number of piperidine rings is 1. The quantitative estimate of drug-likeness (QED) is 0.610. The third kappa shape index (κ3) is 4.38. The molecule has 8 heteroatoms. The van der Waals surface area contributed by atoms with Crippen LogP contribution in [0.15, 0.2) is 40.4 Å². The van der Waals surface area contributed by atoms with Crippen LogP contribution in [0.3, 0.4) is 0 Å². The summed E-state index contributed by atoms with van der Waals surface area (Å²) < 4.78 is 5.29. The number of aromatic nitrogens is 3. The topological polar surface area (TPSA) is 84.2 Å². The maximum atomic E-state index is 13.0. The van der Waals surface area contributed by atoms with E-state index in [0.717, 1.165) is 37.2 Å². The smallest absolute Gasteiger partial charge is 0.226 e. The van der Waals surface area contributed by atoms with Crippen LogP contribution in [0.25, 0.3) is 11.4 Å². The highest BCUT2D eigenvalue weighted by molar-refractivity contribution is 7.10. The van der Waals surface area contributed by atoms with E-state index in [4.69, 9.17) is 4.52 Å². The third-order valence-electron chi connectivity index (χ3n) is 5.50. The molecular weight excluding hydrogens is 398 g/mol. The highest BCUT2D eigenvalue weighted by atomic mass is 32.1. The Kier molecular flexibility index (Phi) is 6.42. The van der Waals surface area contributed by atoms with Crippen LogP contribution in [0.5, 0.6) is 0 Å². The molecular formula is C22H27N5O2S. The summed E-state index contributed by atoms with van der Waals surface area (Å²) in [6.45, 7) is 5.58. The highest BCUT2D eigenvalue weighted by Gasteiger charge is 2.29. The van der Waals surface area contributed by atoms with Gasteiger partial charge in [-0.2, -0.15) is 4.98 Å². The SMILES string of the molecule is CCc1nc(-c2cccnc2N2CCC[C@H](C(=O)N[C@@H](CC)c3cccs3)C2)no1. The minimum atomic E-state index is -0.0703. The Bertz CT molecular complexity index is 972. The maximum absolute atomic E-state index is 13.0. The van der Waals surface area contributed by atoms with E-state index in [1.165, 1.54) is 4.88 Å². The molecule has 158 valence electrons. The van der Waals surface area contributed by atoms with Crippen molar-refractivity contribution in [3.05, 3.63) is 46.6 Å². The average Bonchev–Trinajstić information content (AvgIpc) is 3.49. The van der Waals surface area contributed by atoms with Gasteiger partial charge in [0.05, 0.1) is 17.5 Å². The van der Waals surface area contributed by atoms with Gasteiger partial charge in [0, 0.05) is 30.6 Å². The summed E-state index contributed by atoms with van der Waals surface area (Å²) in [5.41, 5.74) is 0.840. The van der Waals surface area contributed by atoms with E-state index >= 15 is 0 Å². The lowest BCUT2D eigenvalue weighted by molar-refractivity contribution is -0.126. The molecule has 1 fully saturated rings. The predicted molar refractivity (Wildman–Crippen MR) is 117 cm³/mol. The lowest BCUT2D eigenvalue weighted by Crippen LogP contribution is -2.44. The molecule has 1 aliphatic heterocycles. The third-order valence-corrected chi connectivity index (χ3v) is 6.49. The standard InChI is InChI=1S/C22H27N5O2S/c1-3-17(18-10-7-13-30-18)24-22(28)15-8-6-12-27(14-15)21-16(9-5-11-23-21)20-25-19(4-2)29-26-20/h5,7,9-11,13,15,17H,3-4,6,8,12,14H2,1-2H3,(H,24,28)/t15-,17-/m0/s1. The van der Waals surface area contributed by atoms with E-state index in [1.807, 2.05) is 25.1 Å². The summed E-state index contributed by atoms with van der Waals surface area (Å²) in [4.78, 5) is 25.5. The largest absolute Gasteiger partial charge is 0.355 e. The molecule has 2 atom stereocenters. The highest BCUT2D eigenvalue weighted by Crippen LogP contribution is 2.31. The number of amides is 1. The molecule has 0 bridgehead atoms. The number of rotatable bonds is 7. The van der Waals surface area contributed by atoms with Gasteiger partial charge in [0.1, 0.15) is 5.82 Å². The van der Waals surface area contributed by atoms with E-state index in [1.54, 1.807) is 17.5 Å². The summed E-state index contributed by atoms with van der Waals surface area (Å²) in [5, 5.41) is 9.42. The Balaban J connectivity index is 1.50. The van der Waals surface area contributed by atoms with Gasteiger partial charge in [-0.05, 0) is 42.8 Å². The number of carbonyl (C=O) groups is 1. The summed E-state index contributed by atoms with van der Waals surface area (Å²) in [5.74, 6) is 2.01. The number of carbonyl (C=O) groups excluding carboxylic acids is 1. The van der Waals surface area contributed by atoms with Gasteiger partial charge in [-0.1, -0.05) is 25.1 Å². The van der Waals surface area contributed by atoms with Gasteiger partial charge in [-0.15, -0.1) is 11.3 Å². The number of hydrogen-bond donors (Lipinski definition) is 1. The maximum Gasteiger partial charge on any atom is 0.226 e. The zero-order valence-corrected chi connectivity index (χ0v) is 18.2. The molecule has 0 radical (unpaired) electrons. The monoisotopic (exact) mass is 425 g/mol. The normalized spacial score (nSPS) is 17.7. The van der Waals surface area contributed by atoms with Gasteiger partial charge in [0.2, 0.25) is 17.6 Å². The molecule has 0 unspecified atom stereocenters. The molecule has 1 saturated heterocycles. The molecule has 1 aliphatic rings. The van der Waals surface area contributed by atoms with E-state index in [0.29, 0.717) is 24.7 Å². The Labute approximate surface area is 180 Å². The van der Waals surface area contributed by atoms with Crippen LogP contribution in [0, 0.1) is 5.92 Å². The van der Waals surface area contributed by atoms with E-state index in [9.17, 15) is 4.79 Å². The van der Waals surface area contributed by atoms with Crippen molar-refractivity contribution in [1.82, 2.24) is 20.4 Å². The molecule has 4 rings (SSSR count). The first-order chi connectivity index (χ1) is 14.7. The fraction of sp³-hybridized carbons (Fsp3) is 0.455. The van der Waals surface area contributed by atoms with Crippen LogP contribution in [-0.2, 0) is 11.2 Å². The minimum absolute atomic E-state index is 0.0703. The van der Waals surface area contributed by atoms with Crippen LogP contribution in [-0.4, -0.2) is 34.1 Å². The van der Waals surface area contributed by atoms with Gasteiger partial charge < -0.3 is 14.7 Å². The second-order valence-electron chi connectivity index (χ2n) is 7.51. The van der Waals surface area contributed by atoms with Crippen molar-refractivity contribution in [2.45, 2.75) is 45.6 Å². The molecule has 0 saturated carbocycles. The molecule has 4 heterocycles. The summed E-state index contributed by atoms with van der Waals surface area (Å²) in [6, 6.07) is 8.02. The van der Waals surface area contributed by atoms with Crippen molar-refractivity contribution < 1.29 is 9.32 Å². The first-order valence-corrected chi connectivity index (χ1v) is 11.4. The Hall–Kier alpha value is -2.74. The van der Waals surface area contributed by atoms with Gasteiger partial charge in [-0.25, -0.2) is 4.98 Å². The van der Waals surface area contributed by atoms with Crippen molar-refractivity contribution >= 4 is 23.1 Å². The van der Waals surface area contributed by atoms with Crippen LogP contribution in [0.1, 0.15) is 49.9 Å². The van der Waals surface area contributed by atoms with Crippen molar-refractivity contribution in [3.8, 4) is 11.4 Å². The summed E-state index contributed by atoms with van der Waals surface area (Å²) in [7, 11) is 0. The Morgan fingerprint density at radius 3 is 3.00 bits per heavy atom. The number of aryl methyl sites for hydroxylation is 1. The first kappa shape index (κ1) is 20.5. The summed E-state index contributed by atoms with van der Waals surface area (Å²) in [6.07, 6.45) is 5.17. The first-order valence-electron chi connectivity index (χ1n) is 10.6. The van der Waals surface area contributed by atoms with Gasteiger partial charge in [0.15, 0.2) is 0 Å². The molecule has 30 heavy (non-hydrogen) atoms. The lowest BCUT2D eigenvalue weighted by Gasteiger charge is -2.34. The van der Waals surface area contributed by atoms with Crippen LogP contribution < -0.4 is 10.2 Å². The van der Waals surface area contributed by atoms with Crippen LogP contribution in [0.4, 0.5) is 5.82 Å². The number of nitrogens with one attached hydrogen (secondary N) is 1. The number of thiophene rings is 1. The average molecular weight is 426 g/mol. The number of hydrogen-bond acceptors (Lipinski definition) is 7. The van der Waals surface area contributed by atoms with Gasteiger partial charge in [-0.3, -0.25) is 4.79 Å². The van der Waals surface area contributed by atoms with Crippen LogP contribution >= 0.6 is 11.3 Å². The fourth-order valence-corrected chi connectivity index (χ4v) is 4.73. The number of pyridine rings is 1. The lowest BCUT2D eigenvalue weighted by atomic mass is 9.96. The number of nitrogens with zero attached hydrogens (tertiary/aromatic N) is 4. The molecule has 1 N–H and O–H groups in total. The molecule has 3 aromatic heterocycles. The molecule has 7 nitrogen and oxygen atoms in total. The van der Waals surface area contributed by atoms with Gasteiger partial charge in [0.25, 0.3) is 0 Å². The van der Waals surface area contributed by atoms with E-state index in [2.05, 4.69) is 43.7 Å². The van der Waals surface area contributed by atoms with Crippen molar-refractivity contribution in [1.29, 1.82) is 0 Å². The molecule has 0 spiro atoms. The molecule has 0 aliphatic carbocycles. The zero-order chi connectivity index (χ0) is 20.9. The second kappa shape index (κ2) is 9.38. The Morgan fingerprint density at radius 1 is 1.37 bits per heavy atom. The van der Waals surface area contributed by atoms with Crippen molar-refractivity contribution in [2.75, 3.05) is 18.0 Å². The van der Waals surface area contributed by atoms with Gasteiger partial charge >= 0.3 is 0 Å².